The van der Waals surface area contributed by atoms with Crippen LogP contribution < -0.4 is 18.9 Å². The standard InChI is InChI=1S/C27H26O8.C3H6/c1-19-5-10-22(11-6-19)34-26(29)20-7-12-23(13-8-20)35-27(30)21-9-14-24(25(17-21)31-2)33-16-4-3-15-32-18-28;1-3-2/h5-14,17-18H,3-4,15-16H2,1-2H3;3H,1H2,2H3. The third-order valence-electron chi connectivity index (χ3n) is 4.91. The molecule has 0 N–H and O–H groups in total. The minimum atomic E-state index is -0.587. The maximum absolute atomic E-state index is 12.6. The maximum atomic E-state index is 12.6. The molecule has 0 unspecified atom stereocenters. The summed E-state index contributed by atoms with van der Waals surface area (Å²) in [5.41, 5.74) is 1.66. The summed E-state index contributed by atoms with van der Waals surface area (Å²) >= 11 is 0. The average Bonchev–Trinajstić information content (AvgIpc) is 2.92. The second kappa shape index (κ2) is 16.2. The number of benzene rings is 3. The molecule has 3 aromatic carbocycles. The molecule has 0 bridgehead atoms. The molecule has 200 valence electrons. The minimum absolute atomic E-state index is 0.274. The van der Waals surface area contributed by atoms with Gasteiger partial charge in [0.2, 0.25) is 0 Å². The van der Waals surface area contributed by atoms with Crippen molar-refractivity contribution in [3.63, 3.8) is 0 Å². The van der Waals surface area contributed by atoms with Crippen LogP contribution in [0.15, 0.2) is 79.4 Å². The monoisotopic (exact) mass is 520 g/mol. The van der Waals surface area contributed by atoms with Crippen molar-refractivity contribution in [1.29, 1.82) is 0 Å². The van der Waals surface area contributed by atoms with E-state index in [0.717, 1.165) is 5.56 Å². The molecule has 8 heteroatoms. The lowest BCUT2D eigenvalue weighted by molar-refractivity contribution is -0.128. The summed E-state index contributed by atoms with van der Waals surface area (Å²) < 4.78 is 26.4. The molecule has 0 aliphatic rings. The first-order chi connectivity index (χ1) is 18.4. The van der Waals surface area contributed by atoms with E-state index < -0.39 is 11.9 Å². The van der Waals surface area contributed by atoms with E-state index in [1.807, 2.05) is 26.0 Å². The molecule has 38 heavy (non-hydrogen) atoms. The Bertz CT molecular complexity index is 1180. The van der Waals surface area contributed by atoms with E-state index in [9.17, 15) is 14.4 Å². The molecule has 0 atom stereocenters. The molecule has 8 nitrogen and oxygen atoms in total. The summed E-state index contributed by atoms with van der Waals surface area (Å²) in [5, 5.41) is 0. The van der Waals surface area contributed by atoms with Crippen molar-refractivity contribution in [3.8, 4) is 23.0 Å². The van der Waals surface area contributed by atoms with Crippen LogP contribution in [-0.4, -0.2) is 38.7 Å². The Morgan fingerprint density at radius 2 is 1.32 bits per heavy atom. The molecule has 0 aliphatic carbocycles. The number of hydrogen-bond donors (Lipinski definition) is 0. The average molecular weight is 521 g/mol. The Balaban J connectivity index is 0.00000161. The first kappa shape index (κ1) is 29.6. The highest BCUT2D eigenvalue weighted by molar-refractivity contribution is 5.93. The summed E-state index contributed by atoms with van der Waals surface area (Å²) in [5.74, 6) is 0.497. The molecule has 0 saturated carbocycles. The number of aryl methyl sites for hydroxylation is 1. The van der Waals surface area contributed by atoms with Gasteiger partial charge in [-0.1, -0.05) is 23.8 Å². The van der Waals surface area contributed by atoms with Crippen LogP contribution in [0.3, 0.4) is 0 Å². The van der Waals surface area contributed by atoms with E-state index in [2.05, 4.69) is 11.3 Å². The number of carbonyl (C=O) groups is 3. The fourth-order valence-electron chi connectivity index (χ4n) is 3.03. The van der Waals surface area contributed by atoms with Crippen LogP contribution in [0.25, 0.3) is 0 Å². The molecular formula is C30H32O8. The quantitative estimate of drug-likeness (QED) is 0.0948. The van der Waals surface area contributed by atoms with Crippen LogP contribution in [0, 0.1) is 6.92 Å². The van der Waals surface area contributed by atoms with Crippen molar-refractivity contribution < 1.29 is 38.1 Å². The molecule has 3 aromatic rings. The zero-order chi connectivity index (χ0) is 27.8. The molecule has 3 rings (SSSR count). The minimum Gasteiger partial charge on any atom is -0.493 e. The van der Waals surface area contributed by atoms with Gasteiger partial charge in [-0.15, -0.1) is 6.58 Å². The zero-order valence-electron chi connectivity index (χ0n) is 21.8. The number of ether oxygens (including phenoxy) is 5. The Morgan fingerprint density at radius 1 is 0.789 bits per heavy atom. The summed E-state index contributed by atoms with van der Waals surface area (Å²) in [6, 6.07) is 18.0. The Morgan fingerprint density at radius 3 is 1.89 bits per heavy atom. The van der Waals surface area contributed by atoms with Gasteiger partial charge in [0, 0.05) is 0 Å². The van der Waals surface area contributed by atoms with Gasteiger partial charge in [0.25, 0.3) is 6.47 Å². The molecule has 0 aromatic heterocycles. The lowest BCUT2D eigenvalue weighted by Gasteiger charge is -2.12. The van der Waals surface area contributed by atoms with E-state index in [1.54, 1.807) is 30.3 Å². The number of unbranched alkanes of at least 4 members (excludes halogenated alkanes) is 1. The number of carbonyl (C=O) groups excluding carboxylic acids is 3. The summed E-state index contributed by atoms with van der Waals surface area (Å²) in [6.07, 6.45) is 3.11. The van der Waals surface area contributed by atoms with E-state index in [4.69, 9.17) is 18.9 Å². The van der Waals surface area contributed by atoms with E-state index in [-0.39, 0.29) is 11.3 Å². The summed E-state index contributed by atoms with van der Waals surface area (Å²) in [6.45, 7) is 8.35. The predicted molar refractivity (Wildman–Crippen MR) is 143 cm³/mol. The van der Waals surface area contributed by atoms with Crippen LogP contribution in [-0.2, 0) is 9.53 Å². The van der Waals surface area contributed by atoms with Crippen molar-refractivity contribution in [3.05, 3.63) is 96.1 Å². The predicted octanol–water partition coefficient (Wildman–Crippen LogP) is 5.97. The Hall–Kier alpha value is -4.59. The second-order valence-electron chi connectivity index (χ2n) is 7.91. The lowest BCUT2D eigenvalue weighted by Crippen LogP contribution is -2.10. The van der Waals surface area contributed by atoms with Crippen LogP contribution in [0.2, 0.25) is 0 Å². The van der Waals surface area contributed by atoms with Gasteiger partial charge in [-0.25, -0.2) is 9.59 Å². The first-order valence-electron chi connectivity index (χ1n) is 12.0. The summed E-state index contributed by atoms with van der Waals surface area (Å²) in [4.78, 5) is 35.0. The zero-order valence-corrected chi connectivity index (χ0v) is 21.8. The first-order valence-corrected chi connectivity index (χ1v) is 12.0. The van der Waals surface area contributed by atoms with Gasteiger partial charge in [-0.05, 0) is 81.3 Å². The van der Waals surface area contributed by atoms with Crippen LogP contribution >= 0.6 is 0 Å². The largest absolute Gasteiger partial charge is 0.493 e. The van der Waals surface area contributed by atoms with Gasteiger partial charge in [0.1, 0.15) is 11.5 Å². The van der Waals surface area contributed by atoms with Gasteiger partial charge in [0.05, 0.1) is 31.5 Å². The normalized spacial score (nSPS) is 9.76. The number of esters is 2. The second-order valence-corrected chi connectivity index (χ2v) is 7.91. The van der Waals surface area contributed by atoms with Crippen molar-refractivity contribution in [2.75, 3.05) is 20.3 Å². The molecule has 0 heterocycles. The third-order valence-corrected chi connectivity index (χ3v) is 4.91. The molecule has 0 radical (unpaired) electrons. The van der Waals surface area contributed by atoms with Gasteiger partial charge in [-0.3, -0.25) is 4.79 Å². The maximum Gasteiger partial charge on any atom is 0.343 e. The topological polar surface area (TPSA) is 97.4 Å². The van der Waals surface area contributed by atoms with Crippen molar-refractivity contribution in [2.24, 2.45) is 0 Å². The molecule has 0 fully saturated rings. The molecule has 0 aliphatic heterocycles. The number of allylic oxidation sites excluding steroid dienone is 1. The van der Waals surface area contributed by atoms with Gasteiger partial charge < -0.3 is 23.7 Å². The van der Waals surface area contributed by atoms with Crippen molar-refractivity contribution in [1.82, 2.24) is 0 Å². The van der Waals surface area contributed by atoms with Crippen LogP contribution in [0.5, 0.6) is 23.0 Å². The fourth-order valence-corrected chi connectivity index (χ4v) is 3.03. The molecule has 0 saturated heterocycles. The van der Waals surface area contributed by atoms with Gasteiger partial charge >= 0.3 is 11.9 Å². The highest BCUT2D eigenvalue weighted by Crippen LogP contribution is 2.29. The third kappa shape index (κ3) is 9.81. The van der Waals surface area contributed by atoms with Gasteiger partial charge in [-0.2, -0.15) is 0 Å². The van der Waals surface area contributed by atoms with Crippen molar-refractivity contribution >= 4 is 18.4 Å². The Kier molecular flexibility index (Phi) is 12.6. The van der Waals surface area contributed by atoms with E-state index in [0.29, 0.717) is 55.3 Å². The molecular weight excluding hydrogens is 488 g/mol. The highest BCUT2D eigenvalue weighted by atomic mass is 16.5. The van der Waals surface area contributed by atoms with Crippen molar-refractivity contribution in [2.45, 2.75) is 26.7 Å². The fraction of sp³-hybridized carbons (Fsp3) is 0.233. The smallest absolute Gasteiger partial charge is 0.343 e. The van der Waals surface area contributed by atoms with Gasteiger partial charge in [0.15, 0.2) is 11.5 Å². The number of rotatable bonds is 12. The number of hydrogen-bond acceptors (Lipinski definition) is 8. The molecule has 0 spiro atoms. The molecule has 0 amide bonds. The summed E-state index contributed by atoms with van der Waals surface area (Å²) in [7, 11) is 1.48. The van der Waals surface area contributed by atoms with Crippen LogP contribution in [0.4, 0.5) is 0 Å². The van der Waals surface area contributed by atoms with E-state index >= 15 is 0 Å². The number of methoxy groups -OCH3 is 1. The van der Waals surface area contributed by atoms with Crippen LogP contribution in [0.1, 0.15) is 46.0 Å². The Labute approximate surface area is 222 Å². The van der Waals surface area contributed by atoms with E-state index in [1.165, 1.54) is 37.4 Å². The highest BCUT2D eigenvalue weighted by Gasteiger charge is 2.15. The lowest BCUT2D eigenvalue weighted by atomic mass is 10.2. The SMILES string of the molecule is C=CC.COc1cc(C(=O)Oc2ccc(C(=O)Oc3ccc(C)cc3)cc2)ccc1OCCCCOC=O.